The molecule has 1 amide bonds. The first-order chi connectivity index (χ1) is 11.5. The molecule has 0 radical (unpaired) electrons. The second kappa shape index (κ2) is 6.65. The van der Waals surface area contributed by atoms with E-state index in [-0.39, 0.29) is 22.7 Å². The van der Waals surface area contributed by atoms with Crippen molar-refractivity contribution in [1.82, 2.24) is 0 Å². The van der Waals surface area contributed by atoms with Gasteiger partial charge in [-0.25, -0.2) is 9.18 Å². The van der Waals surface area contributed by atoms with Crippen LogP contribution in [0.5, 0.6) is 0 Å². The largest absolute Gasteiger partial charge is 0.478 e. The van der Waals surface area contributed by atoms with Crippen LogP contribution in [0, 0.1) is 5.82 Å². The van der Waals surface area contributed by atoms with Gasteiger partial charge in [-0.3, -0.25) is 9.69 Å². The van der Waals surface area contributed by atoms with Crippen molar-refractivity contribution < 1.29 is 19.1 Å². The van der Waals surface area contributed by atoms with Gasteiger partial charge in [0, 0.05) is 5.69 Å². The molecule has 1 atom stereocenters. The van der Waals surface area contributed by atoms with Crippen LogP contribution < -0.4 is 4.90 Å². The highest BCUT2D eigenvalue weighted by atomic mass is 32.2. The number of halogens is 1. The molecule has 1 N–H and O–H groups in total. The summed E-state index contributed by atoms with van der Waals surface area (Å²) in [6.07, 6.45) is 0.612. The first-order valence-electron chi connectivity index (χ1n) is 7.56. The third kappa shape index (κ3) is 3.01. The predicted molar refractivity (Wildman–Crippen MR) is 91.9 cm³/mol. The maximum absolute atomic E-state index is 13.2. The third-order valence-corrected chi connectivity index (χ3v) is 5.20. The minimum absolute atomic E-state index is 0.0351. The van der Waals surface area contributed by atoms with E-state index in [9.17, 15) is 14.0 Å². The summed E-state index contributed by atoms with van der Waals surface area (Å²) in [5.41, 5.74) is 2.56. The van der Waals surface area contributed by atoms with Gasteiger partial charge >= 0.3 is 5.97 Å². The number of aromatic carboxylic acids is 1. The number of benzene rings is 2. The Morgan fingerprint density at radius 3 is 2.62 bits per heavy atom. The molecule has 1 unspecified atom stereocenters. The number of aryl methyl sites for hydroxylation is 1. The molecular weight excluding hydrogens is 329 g/mol. The summed E-state index contributed by atoms with van der Waals surface area (Å²) in [6, 6.07) is 10.9. The number of carboxylic acid groups (broad SMARTS) is 1. The molecule has 1 aliphatic rings. The number of carbonyl (C=O) groups is 2. The van der Waals surface area contributed by atoms with Crippen molar-refractivity contribution >= 4 is 29.3 Å². The summed E-state index contributed by atoms with van der Waals surface area (Å²) < 4.78 is 13.2. The zero-order chi connectivity index (χ0) is 17.3. The molecule has 2 aromatic carbocycles. The van der Waals surface area contributed by atoms with Crippen LogP contribution in [-0.4, -0.2) is 22.7 Å². The third-order valence-electron chi connectivity index (χ3n) is 3.99. The lowest BCUT2D eigenvalue weighted by molar-refractivity contribution is -0.115. The first kappa shape index (κ1) is 16.5. The van der Waals surface area contributed by atoms with Gasteiger partial charge in [0.15, 0.2) is 0 Å². The van der Waals surface area contributed by atoms with Crippen LogP contribution in [0.1, 0.15) is 33.8 Å². The van der Waals surface area contributed by atoms with Gasteiger partial charge in [-0.15, -0.1) is 11.8 Å². The lowest BCUT2D eigenvalue weighted by Crippen LogP contribution is -2.29. The number of anilines is 1. The monoisotopic (exact) mass is 345 g/mol. The Labute approximate surface area is 143 Å². The molecule has 1 saturated heterocycles. The molecule has 1 aliphatic heterocycles. The number of carboxylic acids is 1. The topological polar surface area (TPSA) is 57.6 Å². The van der Waals surface area contributed by atoms with Crippen molar-refractivity contribution in [2.45, 2.75) is 18.7 Å². The van der Waals surface area contributed by atoms with Gasteiger partial charge in [0.1, 0.15) is 11.2 Å². The molecule has 6 heteroatoms. The molecule has 124 valence electrons. The van der Waals surface area contributed by atoms with Gasteiger partial charge in [-0.1, -0.05) is 19.1 Å². The maximum Gasteiger partial charge on any atom is 0.335 e. The van der Waals surface area contributed by atoms with E-state index in [1.54, 1.807) is 29.2 Å². The van der Waals surface area contributed by atoms with Crippen LogP contribution in [0.3, 0.4) is 0 Å². The molecule has 3 rings (SSSR count). The van der Waals surface area contributed by atoms with E-state index in [1.165, 1.54) is 30.0 Å². The SMILES string of the molecule is CCc1cc(C(=O)O)ccc1N1C(=O)CSC1c1ccc(F)cc1. The number of hydrogen-bond donors (Lipinski definition) is 1. The molecule has 0 saturated carbocycles. The maximum atomic E-state index is 13.2. The van der Waals surface area contributed by atoms with Crippen LogP contribution in [0.4, 0.5) is 10.1 Å². The fourth-order valence-corrected chi connectivity index (χ4v) is 3.96. The van der Waals surface area contributed by atoms with E-state index in [0.717, 1.165) is 11.1 Å². The molecule has 2 aromatic rings. The summed E-state index contributed by atoms with van der Waals surface area (Å²) in [5.74, 6) is -1.01. The van der Waals surface area contributed by atoms with Crippen molar-refractivity contribution in [3.63, 3.8) is 0 Å². The van der Waals surface area contributed by atoms with Crippen LogP contribution in [0.15, 0.2) is 42.5 Å². The lowest BCUT2D eigenvalue weighted by atomic mass is 10.0. The lowest BCUT2D eigenvalue weighted by Gasteiger charge is -2.26. The molecule has 0 spiro atoms. The Morgan fingerprint density at radius 1 is 1.29 bits per heavy atom. The molecular formula is C18H16FNO3S. The standard InChI is InChI=1S/C18H16FNO3S/c1-2-11-9-13(18(22)23)5-8-15(11)20-16(21)10-24-17(20)12-3-6-14(19)7-4-12/h3-9,17H,2,10H2,1H3,(H,22,23). The average Bonchev–Trinajstić information content (AvgIpc) is 2.96. The van der Waals surface area contributed by atoms with Gasteiger partial charge in [0.05, 0.1) is 11.3 Å². The van der Waals surface area contributed by atoms with Crippen LogP contribution in [-0.2, 0) is 11.2 Å². The zero-order valence-corrected chi connectivity index (χ0v) is 13.8. The Morgan fingerprint density at radius 2 is 2.00 bits per heavy atom. The Hall–Kier alpha value is -2.34. The van der Waals surface area contributed by atoms with Gasteiger partial charge in [-0.05, 0) is 47.9 Å². The minimum Gasteiger partial charge on any atom is -0.478 e. The Balaban J connectivity index is 2.03. The molecule has 4 nitrogen and oxygen atoms in total. The summed E-state index contributed by atoms with van der Waals surface area (Å²) in [6.45, 7) is 1.92. The molecule has 1 fully saturated rings. The highest BCUT2D eigenvalue weighted by Crippen LogP contribution is 2.43. The van der Waals surface area contributed by atoms with Crippen LogP contribution in [0.25, 0.3) is 0 Å². The Kier molecular flexibility index (Phi) is 4.57. The second-order valence-corrected chi connectivity index (χ2v) is 6.55. The van der Waals surface area contributed by atoms with E-state index in [0.29, 0.717) is 17.9 Å². The Bertz CT molecular complexity index is 791. The molecule has 1 heterocycles. The molecule has 0 bridgehead atoms. The van der Waals surface area contributed by atoms with Gasteiger partial charge in [0.2, 0.25) is 5.91 Å². The van der Waals surface area contributed by atoms with E-state index in [1.807, 2.05) is 6.92 Å². The number of thioether (sulfide) groups is 1. The highest BCUT2D eigenvalue weighted by molar-refractivity contribution is 8.00. The number of amides is 1. The van der Waals surface area contributed by atoms with Crippen LogP contribution in [0.2, 0.25) is 0 Å². The van der Waals surface area contributed by atoms with E-state index >= 15 is 0 Å². The van der Waals surface area contributed by atoms with E-state index < -0.39 is 5.97 Å². The van der Waals surface area contributed by atoms with Crippen molar-refractivity contribution in [1.29, 1.82) is 0 Å². The van der Waals surface area contributed by atoms with Gasteiger partial charge in [-0.2, -0.15) is 0 Å². The van der Waals surface area contributed by atoms with Crippen molar-refractivity contribution in [2.75, 3.05) is 10.7 Å². The number of hydrogen-bond acceptors (Lipinski definition) is 3. The summed E-state index contributed by atoms with van der Waals surface area (Å²) in [5, 5.41) is 8.91. The molecule has 0 aliphatic carbocycles. The normalized spacial score (nSPS) is 17.3. The number of nitrogens with zero attached hydrogens (tertiary/aromatic N) is 1. The first-order valence-corrected chi connectivity index (χ1v) is 8.61. The molecule has 0 aromatic heterocycles. The average molecular weight is 345 g/mol. The van der Waals surface area contributed by atoms with Crippen molar-refractivity contribution in [2.24, 2.45) is 0 Å². The fourth-order valence-electron chi connectivity index (χ4n) is 2.80. The second-order valence-electron chi connectivity index (χ2n) is 5.48. The smallest absolute Gasteiger partial charge is 0.335 e. The van der Waals surface area contributed by atoms with E-state index in [4.69, 9.17) is 5.11 Å². The van der Waals surface area contributed by atoms with Crippen LogP contribution >= 0.6 is 11.8 Å². The summed E-state index contributed by atoms with van der Waals surface area (Å²) >= 11 is 1.48. The minimum atomic E-state index is -0.992. The zero-order valence-electron chi connectivity index (χ0n) is 13.0. The summed E-state index contributed by atoms with van der Waals surface area (Å²) in [4.78, 5) is 25.3. The number of rotatable bonds is 4. The predicted octanol–water partition coefficient (Wildman–Crippen LogP) is 3.86. The van der Waals surface area contributed by atoms with Gasteiger partial charge in [0.25, 0.3) is 0 Å². The number of carbonyl (C=O) groups excluding carboxylic acids is 1. The van der Waals surface area contributed by atoms with Crippen molar-refractivity contribution in [3.8, 4) is 0 Å². The highest BCUT2D eigenvalue weighted by Gasteiger charge is 2.35. The van der Waals surface area contributed by atoms with Gasteiger partial charge < -0.3 is 5.11 Å². The molecule has 24 heavy (non-hydrogen) atoms. The van der Waals surface area contributed by atoms with Crippen molar-refractivity contribution in [3.05, 3.63) is 65.0 Å². The quantitative estimate of drug-likeness (QED) is 0.914. The fraction of sp³-hybridized carbons (Fsp3) is 0.222. The summed E-state index contributed by atoms with van der Waals surface area (Å²) in [7, 11) is 0. The van der Waals surface area contributed by atoms with E-state index in [2.05, 4.69) is 0 Å².